The standard InChI is InChI=1S/C72H60O8S2/c1-76-42-43-77-44-45-78-70(75)61-53-57(40-38-55-22-20-24-59(51-55)68(73)79-46-48-81-71(62-26-8-2-9-27-62,63-28-10-3-11-29-63)64-30-12-4-13-31-64)50-58(54-61)41-39-56-23-21-25-60(52-56)69(74)80-47-49-82-72(65-32-14-5-15-33-65,66-34-16-6-17-35-66)67-36-18-7-19-37-67/h2-37,50-54H,42-49H2,1H3. The molecule has 0 fully saturated rings. The summed E-state index contributed by atoms with van der Waals surface area (Å²) in [7, 11) is 1.59. The van der Waals surface area contributed by atoms with Crippen LogP contribution in [0.15, 0.2) is 249 Å². The lowest BCUT2D eigenvalue weighted by Crippen LogP contribution is -2.27. The normalized spacial score (nSPS) is 11.0. The van der Waals surface area contributed by atoms with E-state index < -0.39 is 27.4 Å². The minimum atomic E-state index is -0.574. The van der Waals surface area contributed by atoms with E-state index in [-0.39, 0.29) is 32.0 Å². The molecule has 0 amide bonds. The average Bonchev–Trinajstić information content (AvgIpc) is 3.39. The number of carbonyl (C=O) groups excluding carboxylic acids is 3. The Hall–Kier alpha value is -8.87. The summed E-state index contributed by atoms with van der Waals surface area (Å²) in [6.07, 6.45) is 0. The smallest absolute Gasteiger partial charge is 0.338 e. The summed E-state index contributed by atoms with van der Waals surface area (Å²) in [4.78, 5) is 40.7. The Morgan fingerprint density at radius 1 is 0.329 bits per heavy atom. The first kappa shape index (κ1) is 57.8. The van der Waals surface area contributed by atoms with Crippen LogP contribution in [-0.2, 0) is 33.2 Å². The molecule has 0 unspecified atom stereocenters. The lowest BCUT2D eigenvalue weighted by Gasteiger charge is -2.35. The van der Waals surface area contributed by atoms with Crippen molar-refractivity contribution in [2.45, 2.75) is 9.49 Å². The zero-order valence-corrected chi connectivity index (χ0v) is 47.0. The van der Waals surface area contributed by atoms with Gasteiger partial charge >= 0.3 is 17.9 Å². The highest BCUT2D eigenvalue weighted by molar-refractivity contribution is 8.00. The van der Waals surface area contributed by atoms with Crippen molar-refractivity contribution >= 4 is 41.4 Å². The number of carbonyl (C=O) groups is 3. The molecule has 0 aromatic heterocycles. The maximum atomic E-state index is 13.6. The first-order valence-corrected chi connectivity index (χ1v) is 28.9. The molecule has 0 bridgehead atoms. The van der Waals surface area contributed by atoms with Crippen molar-refractivity contribution in [3.8, 4) is 23.7 Å². The highest BCUT2D eigenvalue weighted by Gasteiger charge is 2.38. The SMILES string of the molecule is COCCOCCOC(=O)c1cc(C#Cc2cccc(C(=O)OCCSC(c3ccccc3)(c3ccccc3)c3ccccc3)c2)cc(C#Cc2cccc(C(=O)OCCSC(c3ccccc3)(c3ccccc3)c3ccccc3)c2)c1. The van der Waals surface area contributed by atoms with Gasteiger partial charge in [-0.15, -0.1) is 23.5 Å². The van der Waals surface area contributed by atoms with Crippen molar-refractivity contribution in [1.82, 2.24) is 0 Å². The maximum absolute atomic E-state index is 13.6. The zero-order chi connectivity index (χ0) is 56.7. The van der Waals surface area contributed by atoms with Crippen LogP contribution in [-0.4, -0.2) is 76.2 Å². The molecule has 0 atom stereocenters. The molecule has 9 rings (SSSR count). The number of hydrogen-bond donors (Lipinski definition) is 0. The zero-order valence-electron chi connectivity index (χ0n) is 45.4. The molecule has 82 heavy (non-hydrogen) atoms. The molecule has 10 heteroatoms. The number of hydrogen-bond acceptors (Lipinski definition) is 10. The van der Waals surface area contributed by atoms with Gasteiger partial charge in [0.25, 0.3) is 0 Å². The molecular formula is C72H60O8S2. The number of benzene rings is 9. The highest BCUT2D eigenvalue weighted by Crippen LogP contribution is 2.49. The summed E-state index contributed by atoms with van der Waals surface area (Å²) >= 11 is 3.44. The van der Waals surface area contributed by atoms with Crippen molar-refractivity contribution < 1.29 is 38.1 Å². The summed E-state index contributed by atoms with van der Waals surface area (Å²) in [5.74, 6) is 12.2. The molecule has 8 nitrogen and oxygen atoms in total. The summed E-state index contributed by atoms with van der Waals surface area (Å²) in [5.41, 5.74) is 9.83. The first-order valence-electron chi connectivity index (χ1n) is 26.9. The third-order valence-electron chi connectivity index (χ3n) is 13.3. The van der Waals surface area contributed by atoms with E-state index in [0.717, 1.165) is 33.4 Å². The molecule has 0 spiro atoms. The monoisotopic (exact) mass is 1120 g/mol. The fourth-order valence-corrected chi connectivity index (χ4v) is 12.3. The molecule has 0 heterocycles. The van der Waals surface area contributed by atoms with Gasteiger partial charge < -0.3 is 23.7 Å². The maximum Gasteiger partial charge on any atom is 0.338 e. The van der Waals surface area contributed by atoms with E-state index in [1.165, 1.54) is 0 Å². The van der Waals surface area contributed by atoms with Gasteiger partial charge in [-0.1, -0.05) is 218 Å². The molecule has 0 aliphatic rings. The summed E-state index contributed by atoms with van der Waals surface area (Å²) in [6.45, 7) is 1.37. The fraction of sp³-hybridized carbons (Fsp3) is 0.153. The van der Waals surface area contributed by atoms with Crippen molar-refractivity contribution in [2.24, 2.45) is 0 Å². The van der Waals surface area contributed by atoms with Crippen LogP contribution in [0.2, 0.25) is 0 Å². The molecule has 0 N–H and O–H groups in total. The lowest BCUT2D eigenvalue weighted by atomic mass is 9.84. The van der Waals surface area contributed by atoms with Crippen molar-refractivity contribution in [1.29, 1.82) is 0 Å². The summed E-state index contributed by atoms with van der Waals surface area (Å²) in [6, 6.07) is 81.4. The third kappa shape index (κ3) is 14.9. The molecule has 0 aliphatic carbocycles. The van der Waals surface area contributed by atoms with Crippen molar-refractivity contribution in [2.75, 3.05) is 58.3 Å². The Bertz CT molecular complexity index is 3230. The van der Waals surface area contributed by atoms with Gasteiger partial charge in [-0.05, 0) is 88.0 Å². The minimum Gasteiger partial charge on any atom is -0.461 e. The Labute approximate surface area is 489 Å². The second kappa shape index (κ2) is 29.6. The largest absolute Gasteiger partial charge is 0.461 e. The van der Waals surface area contributed by atoms with Crippen LogP contribution in [0.1, 0.15) is 86.7 Å². The number of ether oxygens (including phenoxy) is 5. The summed E-state index contributed by atoms with van der Waals surface area (Å²) in [5, 5.41) is 0. The van der Waals surface area contributed by atoms with Crippen LogP contribution < -0.4 is 0 Å². The van der Waals surface area contributed by atoms with Gasteiger partial charge in [0.2, 0.25) is 0 Å². The first-order chi connectivity index (χ1) is 40.4. The molecule has 9 aromatic carbocycles. The van der Waals surface area contributed by atoms with Gasteiger partial charge in [0, 0.05) is 40.9 Å². The van der Waals surface area contributed by atoms with E-state index in [1.807, 2.05) is 109 Å². The predicted molar refractivity (Wildman–Crippen MR) is 328 cm³/mol. The fourth-order valence-electron chi connectivity index (χ4n) is 9.51. The number of esters is 3. The molecule has 9 aromatic rings. The lowest BCUT2D eigenvalue weighted by molar-refractivity contribution is 0.0213. The van der Waals surface area contributed by atoms with E-state index in [0.29, 0.717) is 58.1 Å². The van der Waals surface area contributed by atoms with E-state index in [2.05, 4.69) is 96.5 Å². The van der Waals surface area contributed by atoms with Gasteiger partial charge in [0.15, 0.2) is 0 Å². The number of methoxy groups -OCH3 is 1. The Balaban J connectivity index is 0.885. The second-order valence-electron chi connectivity index (χ2n) is 18.7. The van der Waals surface area contributed by atoms with Crippen LogP contribution in [0.25, 0.3) is 0 Å². The van der Waals surface area contributed by atoms with E-state index >= 15 is 0 Å². The molecule has 0 saturated heterocycles. The molecule has 0 saturated carbocycles. The van der Waals surface area contributed by atoms with E-state index in [4.69, 9.17) is 23.7 Å². The molecule has 0 radical (unpaired) electrons. The Kier molecular flexibility index (Phi) is 20.8. The highest BCUT2D eigenvalue weighted by atomic mass is 32.2. The Morgan fingerprint density at radius 2 is 0.634 bits per heavy atom. The van der Waals surface area contributed by atoms with Crippen LogP contribution in [0, 0.1) is 23.7 Å². The average molecular weight is 1120 g/mol. The molecular weight excluding hydrogens is 1060 g/mol. The van der Waals surface area contributed by atoms with Gasteiger partial charge in [-0.25, -0.2) is 14.4 Å². The third-order valence-corrected chi connectivity index (χ3v) is 16.3. The van der Waals surface area contributed by atoms with Crippen molar-refractivity contribution in [3.63, 3.8) is 0 Å². The summed E-state index contributed by atoms with van der Waals surface area (Å²) < 4.78 is 26.8. The quantitative estimate of drug-likeness (QED) is 0.0202. The van der Waals surface area contributed by atoms with Gasteiger partial charge in [-0.2, -0.15) is 0 Å². The predicted octanol–water partition coefficient (Wildman–Crippen LogP) is 14.1. The number of rotatable bonds is 23. The van der Waals surface area contributed by atoms with Crippen LogP contribution in [0.4, 0.5) is 0 Å². The topological polar surface area (TPSA) is 97.4 Å². The van der Waals surface area contributed by atoms with Gasteiger partial charge in [-0.3, -0.25) is 0 Å². The van der Waals surface area contributed by atoms with Crippen LogP contribution in [0.5, 0.6) is 0 Å². The molecule has 0 aliphatic heterocycles. The van der Waals surface area contributed by atoms with E-state index in [9.17, 15) is 14.4 Å². The minimum absolute atomic E-state index is 0.0323. The second-order valence-corrected chi connectivity index (χ2v) is 21.3. The van der Waals surface area contributed by atoms with Crippen LogP contribution in [0.3, 0.4) is 0 Å². The van der Waals surface area contributed by atoms with Crippen molar-refractivity contribution in [3.05, 3.63) is 321 Å². The Morgan fingerprint density at radius 3 is 0.988 bits per heavy atom. The van der Waals surface area contributed by atoms with Gasteiger partial charge in [0.05, 0.1) is 46.0 Å². The molecule has 408 valence electrons. The number of thioether (sulfide) groups is 2. The van der Waals surface area contributed by atoms with Gasteiger partial charge in [0.1, 0.15) is 19.8 Å². The van der Waals surface area contributed by atoms with E-state index in [1.54, 1.807) is 97.4 Å². The van der Waals surface area contributed by atoms with Crippen LogP contribution >= 0.6 is 23.5 Å².